The van der Waals surface area contributed by atoms with Crippen LogP contribution in [-0.2, 0) is 4.79 Å². The number of halogens is 1. The maximum Gasteiger partial charge on any atom is 0.296 e. The molecule has 0 saturated carbocycles. The Kier molecular flexibility index (Phi) is 5.85. The van der Waals surface area contributed by atoms with Crippen LogP contribution in [0.4, 0.5) is 5.13 Å². The smallest absolute Gasteiger partial charge is 0.296 e. The van der Waals surface area contributed by atoms with Gasteiger partial charge in [-0.2, -0.15) is 0 Å². The largest absolute Gasteiger partial charge is 0.503 e. The van der Waals surface area contributed by atoms with Crippen molar-refractivity contribution in [2.75, 3.05) is 4.90 Å². The molecule has 3 heterocycles. The molecule has 6 rings (SSSR count). The van der Waals surface area contributed by atoms with E-state index < -0.39 is 23.5 Å². The summed E-state index contributed by atoms with van der Waals surface area (Å²) >= 11 is 7.47. The average molecular weight is 543 g/mol. The molecule has 2 aromatic heterocycles. The molecule has 5 aromatic rings. The van der Waals surface area contributed by atoms with E-state index in [9.17, 15) is 14.7 Å². The Bertz CT molecular complexity index is 1800. The third-order valence-electron chi connectivity index (χ3n) is 6.79. The Morgan fingerprint density at radius 2 is 1.92 bits per heavy atom. The molecule has 1 atom stereocenters. The highest BCUT2D eigenvalue weighted by Crippen LogP contribution is 2.45. The molecular weight excluding hydrogens is 520 g/mol. The van der Waals surface area contributed by atoms with Crippen molar-refractivity contribution in [3.8, 4) is 0 Å². The summed E-state index contributed by atoms with van der Waals surface area (Å²) in [5.74, 6) is -1.50. The van der Waals surface area contributed by atoms with Crippen molar-refractivity contribution in [1.82, 2.24) is 4.98 Å². The van der Waals surface area contributed by atoms with Crippen LogP contribution in [0.15, 0.2) is 82.5 Å². The van der Waals surface area contributed by atoms with E-state index in [4.69, 9.17) is 21.0 Å². The molecule has 1 aliphatic heterocycles. The van der Waals surface area contributed by atoms with Crippen molar-refractivity contribution in [3.05, 3.63) is 106 Å². The first-order chi connectivity index (χ1) is 18.2. The van der Waals surface area contributed by atoms with Gasteiger partial charge in [-0.3, -0.25) is 14.5 Å². The van der Waals surface area contributed by atoms with Crippen LogP contribution >= 0.6 is 22.9 Å². The standard InChI is InChI=1S/C30H23ClN2O4S/c1-15(2)17-7-9-21-24(14-17)38-30(32-21)33-26(18-6-4-5-16(3)11-18)25(28(35)29(33)36)27(34)23-13-19-12-20(31)8-10-22(19)37-23/h4-15,26,35H,1-3H3. The van der Waals surface area contributed by atoms with Gasteiger partial charge in [-0.05, 0) is 60.4 Å². The monoisotopic (exact) mass is 542 g/mol. The average Bonchev–Trinajstić information content (AvgIpc) is 3.57. The van der Waals surface area contributed by atoms with E-state index in [1.807, 2.05) is 43.3 Å². The third-order valence-corrected chi connectivity index (χ3v) is 8.04. The van der Waals surface area contributed by atoms with Gasteiger partial charge in [-0.15, -0.1) is 0 Å². The molecule has 8 heteroatoms. The van der Waals surface area contributed by atoms with Crippen LogP contribution in [-0.4, -0.2) is 21.8 Å². The third kappa shape index (κ3) is 3.99. The van der Waals surface area contributed by atoms with Gasteiger partial charge in [0.1, 0.15) is 5.58 Å². The number of carbonyl (C=O) groups excluding carboxylic acids is 2. The summed E-state index contributed by atoms with van der Waals surface area (Å²) in [6, 6.07) is 19.3. The second-order valence-corrected chi connectivity index (χ2v) is 11.2. The molecule has 0 fully saturated rings. The van der Waals surface area contributed by atoms with E-state index in [1.165, 1.54) is 16.2 Å². The number of rotatable bonds is 5. The minimum Gasteiger partial charge on any atom is -0.503 e. The number of aromatic nitrogens is 1. The fourth-order valence-electron chi connectivity index (χ4n) is 4.84. The summed E-state index contributed by atoms with van der Waals surface area (Å²) in [6.07, 6.45) is 0. The Labute approximate surface area is 227 Å². The van der Waals surface area contributed by atoms with E-state index in [0.29, 0.717) is 32.6 Å². The predicted octanol–water partition coefficient (Wildman–Crippen LogP) is 7.91. The van der Waals surface area contributed by atoms with Crippen LogP contribution in [0.3, 0.4) is 0 Å². The van der Waals surface area contributed by atoms with Crippen LogP contribution in [0.25, 0.3) is 21.2 Å². The van der Waals surface area contributed by atoms with E-state index in [1.54, 1.807) is 24.3 Å². The topological polar surface area (TPSA) is 83.6 Å². The molecule has 1 amide bonds. The summed E-state index contributed by atoms with van der Waals surface area (Å²) in [6.45, 7) is 6.17. The highest BCUT2D eigenvalue weighted by atomic mass is 35.5. The number of fused-ring (bicyclic) bond motifs is 2. The van der Waals surface area contributed by atoms with Gasteiger partial charge in [-0.1, -0.05) is 72.7 Å². The number of aliphatic hydroxyl groups excluding tert-OH is 1. The van der Waals surface area contributed by atoms with Crippen LogP contribution in [0.2, 0.25) is 5.02 Å². The summed E-state index contributed by atoms with van der Waals surface area (Å²) in [4.78, 5) is 33.6. The number of amides is 1. The van der Waals surface area contributed by atoms with Crippen molar-refractivity contribution in [2.24, 2.45) is 0 Å². The molecule has 38 heavy (non-hydrogen) atoms. The molecule has 0 bridgehead atoms. The van der Waals surface area contributed by atoms with Gasteiger partial charge in [0.15, 0.2) is 16.7 Å². The van der Waals surface area contributed by atoms with Crippen LogP contribution in [0.5, 0.6) is 0 Å². The summed E-state index contributed by atoms with van der Waals surface area (Å²) in [5, 5.41) is 12.7. The van der Waals surface area contributed by atoms with Crippen molar-refractivity contribution >= 4 is 60.9 Å². The number of hydrogen-bond donors (Lipinski definition) is 1. The maximum atomic E-state index is 13.9. The summed E-state index contributed by atoms with van der Waals surface area (Å²) in [7, 11) is 0. The number of hydrogen-bond acceptors (Lipinski definition) is 6. The zero-order valence-corrected chi connectivity index (χ0v) is 22.4. The fourth-order valence-corrected chi connectivity index (χ4v) is 6.06. The SMILES string of the molecule is Cc1cccc(C2C(C(=O)c3cc4cc(Cl)ccc4o3)=C(O)C(=O)N2c2nc3ccc(C(C)C)cc3s2)c1. The first-order valence-corrected chi connectivity index (χ1v) is 13.4. The zero-order valence-electron chi connectivity index (χ0n) is 20.9. The molecule has 1 N–H and O–H groups in total. The van der Waals surface area contributed by atoms with Crippen molar-refractivity contribution in [2.45, 2.75) is 32.7 Å². The van der Waals surface area contributed by atoms with Crippen LogP contribution in [0.1, 0.15) is 53.1 Å². The molecule has 6 nitrogen and oxygen atoms in total. The van der Waals surface area contributed by atoms with Crippen LogP contribution < -0.4 is 4.90 Å². The predicted molar refractivity (Wildman–Crippen MR) is 150 cm³/mol. The maximum absolute atomic E-state index is 13.9. The van der Waals surface area contributed by atoms with Gasteiger partial charge < -0.3 is 9.52 Å². The lowest BCUT2D eigenvalue weighted by Gasteiger charge is -2.24. The Hall–Kier alpha value is -3.94. The molecule has 0 radical (unpaired) electrons. The normalized spacial score (nSPS) is 16.0. The molecule has 0 saturated heterocycles. The van der Waals surface area contributed by atoms with E-state index >= 15 is 0 Å². The minimum absolute atomic E-state index is 0.0157. The minimum atomic E-state index is -0.878. The number of aliphatic hydroxyl groups is 1. The number of carbonyl (C=O) groups is 2. The Morgan fingerprint density at radius 3 is 2.68 bits per heavy atom. The van der Waals surface area contributed by atoms with Gasteiger partial charge in [0.25, 0.3) is 5.91 Å². The Balaban J connectivity index is 1.50. The van der Waals surface area contributed by atoms with E-state index in [0.717, 1.165) is 21.3 Å². The lowest BCUT2D eigenvalue weighted by molar-refractivity contribution is -0.117. The second kappa shape index (κ2) is 9.11. The van der Waals surface area contributed by atoms with Gasteiger partial charge in [0.05, 0.1) is 21.8 Å². The molecule has 3 aromatic carbocycles. The number of anilines is 1. The molecule has 1 unspecified atom stereocenters. The number of aryl methyl sites for hydroxylation is 1. The number of benzene rings is 3. The Morgan fingerprint density at radius 1 is 1.11 bits per heavy atom. The van der Waals surface area contributed by atoms with Gasteiger partial charge >= 0.3 is 0 Å². The summed E-state index contributed by atoms with van der Waals surface area (Å²) in [5.41, 5.74) is 3.99. The lowest BCUT2D eigenvalue weighted by Crippen LogP contribution is -2.31. The highest BCUT2D eigenvalue weighted by Gasteiger charge is 2.46. The summed E-state index contributed by atoms with van der Waals surface area (Å²) < 4.78 is 6.74. The van der Waals surface area contributed by atoms with E-state index in [-0.39, 0.29) is 11.3 Å². The molecule has 1 aliphatic rings. The van der Waals surface area contributed by atoms with Gasteiger partial charge in [0, 0.05) is 10.4 Å². The molecule has 0 aliphatic carbocycles. The van der Waals surface area contributed by atoms with Gasteiger partial charge in [0.2, 0.25) is 5.78 Å². The number of thiazole rings is 1. The first-order valence-electron chi connectivity index (χ1n) is 12.2. The zero-order chi connectivity index (χ0) is 26.7. The van der Waals surface area contributed by atoms with Gasteiger partial charge in [-0.25, -0.2) is 4.98 Å². The van der Waals surface area contributed by atoms with Crippen molar-refractivity contribution in [1.29, 1.82) is 0 Å². The first kappa shape index (κ1) is 24.4. The number of nitrogens with zero attached hydrogens (tertiary/aromatic N) is 2. The highest BCUT2D eigenvalue weighted by molar-refractivity contribution is 7.22. The van der Waals surface area contributed by atoms with Crippen molar-refractivity contribution < 1.29 is 19.1 Å². The van der Waals surface area contributed by atoms with E-state index in [2.05, 4.69) is 19.9 Å². The quantitative estimate of drug-likeness (QED) is 0.228. The van der Waals surface area contributed by atoms with Crippen LogP contribution in [0, 0.1) is 6.92 Å². The number of ketones is 1. The lowest BCUT2D eigenvalue weighted by atomic mass is 9.94. The number of furan rings is 1. The fraction of sp³-hybridized carbons (Fsp3) is 0.167. The van der Waals surface area contributed by atoms with Crippen molar-refractivity contribution in [3.63, 3.8) is 0 Å². The second-order valence-electron chi connectivity index (χ2n) is 9.75. The molecule has 190 valence electrons. The molecule has 0 spiro atoms. The molecular formula is C30H23ClN2O4S. The number of Topliss-reactive ketones (excluding diaryl/α,β-unsaturated/α-hetero) is 1.